The number of benzene rings is 1. The number of hydrogen-bond acceptors (Lipinski definition) is 3. The third-order valence-electron chi connectivity index (χ3n) is 2.64. The standard InChI is InChI=1S/C12H12BrF2N3O/c1-19-5-4-18-11(7-13)16-17-12(18)8-2-3-9(14)10(15)6-8/h2-3,6H,4-5,7H2,1H3. The van der Waals surface area contributed by atoms with E-state index in [0.29, 0.717) is 35.7 Å². The number of aromatic nitrogens is 3. The van der Waals surface area contributed by atoms with Crippen molar-refractivity contribution in [1.82, 2.24) is 14.8 Å². The monoisotopic (exact) mass is 331 g/mol. The Labute approximate surface area is 117 Å². The highest BCUT2D eigenvalue weighted by atomic mass is 79.9. The molecular formula is C12H12BrF2N3O. The summed E-state index contributed by atoms with van der Waals surface area (Å²) in [6.45, 7) is 1.02. The van der Waals surface area contributed by atoms with Gasteiger partial charge in [-0.1, -0.05) is 15.9 Å². The fraction of sp³-hybridized carbons (Fsp3) is 0.333. The molecule has 2 rings (SSSR count). The Morgan fingerprint density at radius 3 is 2.68 bits per heavy atom. The molecule has 0 atom stereocenters. The van der Waals surface area contributed by atoms with Crippen molar-refractivity contribution >= 4 is 15.9 Å². The summed E-state index contributed by atoms with van der Waals surface area (Å²) < 4.78 is 33.0. The third-order valence-corrected chi connectivity index (χ3v) is 3.15. The van der Waals surface area contributed by atoms with Gasteiger partial charge in [-0.05, 0) is 18.2 Å². The Bertz CT molecular complexity index is 574. The van der Waals surface area contributed by atoms with Crippen molar-refractivity contribution in [3.63, 3.8) is 0 Å². The van der Waals surface area contributed by atoms with Crippen LogP contribution in [0.4, 0.5) is 8.78 Å². The van der Waals surface area contributed by atoms with Gasteiger partial charge in [-0.15, -0.1) is 10.2 Å². The van der Waals surface area contributed by atoms with Crippen molar-refractivity contribution in [1.29, 1.82) is 0 Å². The van der Waals surface area contributed by atoms with Crippen LogP contribution < -0.4 is 0 Å². The van der Waals surface area contributed by atoms with Crippen LogP contribution in [0.2, 0.25) is 0 Å². The zero-order valence-electron chi connectivity index (χ0n) is 10.2. The Morgan fingerprint density at radius 1 is 1.26 bits per heavy atom. The second-order valence-corrected chi connectivity index (χ2v) is 4.41. The number of hydrogen-bond donors (Lipinski definition) is 0. The molecule has 4 nitrogen and oxygen atoms in total. The quantitative estimate of drug-likeness (QED) is 0.791. The molecule has 7 heteroatoms. The summed E-state index contributed by atoms with van der Waals surface area (Å²) in [6.07, 6.45) is 0. The van der Waals surface area contributed by atoms with Crippen molar-refractivity contribution in [2.75, 3.05) is 13.7 Å². The van der Waals surface area contributed by atoms with E-state index in [4.69, 9.17) is 4.74 Å². The molecule has 1 aromatic heterocycles. The minimum Gasteiger partial charge on any atom is -0.383 e. The molecule has 0 bridgehead atoms. The molecule has 0 aliphatic heterocycles. The Morgan fingerprint density at radius 2 is 2.05 bits per heavy atom. The summed E-state index contributed by atoms with van der Waals surface area (Å²) in [5.74, 6) is -0.589. The van der Waals surface area contributed by atoms with E-state index in [-0.39, 0.29) is 0 Å². The van der Waals surface area contributed by atoms with E-state index in [1.807, 2.05) is 4.57 Å². The first-order chi connectivity index (χ1) is 9.17. The van der Waals surface area contributed by atoms with Crippen LogP contribution in [0.15, 0.2) is 18.2 Å². The van der Waals surface area contributed by atoms with Gasteiger partial charge in [-0.3, -0.25) is 0 Å². The van der Waals surface area contributed by atoms with Gasteiger partial charge >= 0.3 is 0 Å². The lowest BCUT2D eigenvalue weighted by atomic mass is 10.2. The van der Waals surface area contributed by atoms with Crippen molar-refractivity contribution in [3.05, 3.63) is 35.7 Å². The second-order valence-electron chi connectivity index (χ2n) is 3.85. The third kappa shape index (κ3) is 2.98. The van der Waals surface area contributed by atoms with Crippen LogP contribution in [0, 0.1) is 11.6 Å². The molecule has 0 saturated carbocycles. The fourth-order valence-electron chi connectivity index (χ4n) is 1.70. The van der Waals surface area contributed by atoms with Gasteiger partial charge in [0, 0.05) is 19.2 Å². The summed E-state index contributed by atoms with van der Waals surface area (Å²) in [5.41, 5.74) is 0.481. The van der Waals surface area contributed by atoms with Crippen molar-refractivity contribution in [3.8, 4) is 11.4 Å². The summed E-state index contributed by atoms with van der Waals surface area (Å²) in [7, 11) is 1.59. The summed E-state index contributed by atoms with van der Waals surface area (Å²) in [4.78, 5) is 0. The number of ether oxygens (including phenoxy) is 1. The van der Waals surface area contributed by atoms with Gasteiger partial charge in [0.15, 0.2) is 17.5 Å². The first-order valence-electron chi connectivity index (χ1n) is 5.59. The van der Waals surface area contributed by atoms with Gasteiger partial charge in [0.1, 0.15) is 5.82 Å². The molecule has 19 heavy (non-hydrogen) atoms. The average Bonchev–Trinajstić information content (AvgIpc) is 2.82. The molecule has 0 unspecified atom stereocenters. The van der Waals surface area contributed by atoms with E-state index in [1.54, 1.807) is 7.11 Å². The molecule has 1 heterocycles. The van der Waals surface area contributed by atoms with Crippen LogP contribution >= 0.6 is 15.9 Å². The van der Waals surface area contributed by atoms with E-state index in [2.05, 4.69) is 26.1 Å². The molecule has 0 amide bonds. The molecule has 102 valence electrons. The predicted octanol–water partition coefficient (Wildman–Crippen LogP) is 2.76. The number of methoxy groups -OCH3 is 1. The van der Waals surface area contributed by atoms with E-state index in [9.17, 15) is 8.78 Å². The topological polar surface area (TPSA) is 39.9 Å². The molecule has 0 fully saturated rings. The normalized spacial score (nSPS) is 10.9. The highest BCUT2D eigenvalue weighted by molar-refractivity contribution is 9.08. The van der Waals surface area contributed by atoms with Gasteiger partial charge in [0.25, 0.3) is 0 Å². The largest absolute Gasteiger partial charge is 0.383 e. The molecule has 0 aliphatic rings. The SMILES string of the molecule is COCCn1c(CBr)nnc1-c1ccc(F)c(F)c1. The number of nitrogens with zero attached hydrogens (tertiary/aromatic N) is 3. The molecule has 1 aromatic carbocycles. The summed E-state index contributed by atoms with van der Waals surface area (Å²) in [5, 5.41) is 8.55. The van der Waals surface area contributed by atoms with E-state index in [0.717, 1.165) is 12.1 Å². The molecule has 0 radical (unpaired) electrons. The summed E-state index contributed by atoms with van der Waals surface area (Å²) in [6, 6.07) is 3.66. The first kappa shape index (κ1) is 14.1. The number of halogens is 3. The van der Waals surface area contributed by atoms with Crippen LogP contribution in [0.5, 0.6) is 0 Å². The van der Waals surface area contributed by atoms with Crippen LogP contribution in [-0.2, 0) is 16.6 Å². The zero-order chi connectivity index (χ0) is 13.8. The van der Waals surface area contributed by atoms with E-state index < -0.39 is 11.6 Å². The minimum absolute atomic E-state index is 0.481. The lowest BCUT2D eigenvalue weighted by Gasteiger charge is -2.08. The van der Waals surface area contributed by atoms with Crippen LogP contribution in [0.25, 0.3) is 11.4 Å². The van der Waals surface area contributed by atoms with Crippen molar-refractivity contribution in [2.45, 2.75) is 11.9 Å². The molecule has 0 saturated heterocycles. The van der Waals surface area contributed by atoms with Gasteiger partial charge in [0.2, 0.25) is 0 Å². The van der Waals surface area contributed by atoms with E-state index in [1.165, 1.54) is 6.07 Å². The Kier molecular flexibility index (Phi) is 4.60. The Balaban J connectivity index is 2.42. The van der Waals surface area contributed by atoms with Gasteiger partial charge < -0.3 is 9.30 Å². The molecular weight excluding hydrogens is 320 g/mol. The highest BCUT2D eigenvalue weighted by Crippen LogP contribution is 2.21. The molecule has 0 aliphatic carbocycles. The smallest absolute Gasteiger partial charge is 0.164 e. The second kappa shape index (κ2) is 6.21. The van der Waals surface area contributed by atoms with Crippen LogP contribution in [0.1, 0.15) is 5.82 Å². The zero-order valence-corrected chi connectivity index (χ0v) is 11.8. The maximum absolute atomic E-state index is 13.3. The van der Waals surface area contributed by atoms with Crippen LogP contribution in [0.3, 0.4) is 0 Å². The fourth-order valence-corrected chi connectivity index (χ4v) is 2.12. The van der Waals surface area contributed by atoms with Crippen LogP contribution in [-0.4, -0.2) is 28.5 Å². The number of rotatable bonds is 5. The Hall–Kier alpha value is -1.34. The highest BCUT2D eigenvalue weighted by Gasteiger charge is 2.14. The van der Waals surface area contributed by atoms with Crippen molar-refractivity contribution < 1.29 is 13.5 Å². The maximum atomic E-state index is 13.3. The van der Waals surface area contributed by atoms with Gasteiger partial charge in [0.05, 0.1) is 11.9 Å². The molecule has 0 spiro atoms. The van der Waals surface area contributed by atoms with Gasteiger partial charge in [-0.2, -0.15) is 0 Å². The van der Waals surface area contributed by atoms with E-state index >= 15 is 0 Å². The predicted molar refractivity (Wildman–Crippen MR) is 69.9 cm³/mol. The first-order valence-corrected chi connectivity index (χ1v) is 6.72. The lowest BCUT2D eigenvalue weighted by Crippen LogP contribution is -2.09. The maximum Gasteiger partial charge on any atom is 0.164 e. The number of alkyl halides is 1. The van der Waals surface area contributed by atoms with Gasteiger partial charge in [-0.25, -0.2) is 8.78 Å². The average molecular weight is 332 g/mol. The lowest BCUT2D eigenvalue weighted by molar-refractivity contribution is 0.187. The minimum atomic E-state index is -0.904. The molecule has 2 aromatic rings. The molecule has 0 N–H and O–H groups in total. The van der Waals surface area contributed by atoms with Crippen molar-refractivity contribution in [2.24, 2.45) is 0 Å². The summed E-state index contributed by atoms with van der Waals surface area (Å²) >= 11 is 3.31.